The highest BCUT2D eigenvalue weighted by Crippen LogP contribution is 2.30. The Kier molecular flexibility index (Phi) is 7.92. The highest BCUT2D eigenvalue weighted by atomic mass is 35.5. The van der Waals surface area contributed by atoms with Crippen molar-refractivity contribution < 1.29 is 14.3 Å². The normalized spacial score (nSPS) is 13.6. The van der Waals surface area contributed by atoms with E-state index in [0.29, 0.717) is 29.8 Å². The number of thioether (sulfide) groups is 1. The summed E-state index contributed by atoms with van der Waals surface area (Å²) in [6.07, 6.45) is 2.63. The van der Waals surface area contributed by atoms with Gasteiger partial charge in [-0.2, -0.15) is 0 Å². The third-order valence-corrected chi connectivity index (χ3v) is 5.03. The van der Waals surface area contributed by atoms with Gasteiger partial charge in [0.15, 0.2) is 0 Å². The monoisotopic (exact) mass is 369 g/mol. The number of hydrogen-bond donors (Lipinski definition) is 0. The molecule has 1 amide bonds. The van der Waals surface area contributed by atoms with Gasteiger partial charge in [0.2, 0.25) is 5.91 Å². The van der Waals surface area contributed by atoms with E-state index < -0.39 is 0 Å². The van der Waals surface area contributed by atoms with E-state index in [9.17, 15) is 9.59 Å². The van der Waals surface area contributed by atoms with E-state index in [4.69, 9.17) is 16.3 Å². The molecule has 0 atom stereocenters. The number of benzene rings is 1. The molecule has 1 aliphatic rings. The fourth-order valence-electron chi connectivity index (χ4n) is 2.36. The van der Waals surface area contributed by atoms with Gasteiger partial charge >= 0.3 is 5.97 Å². The molecule has 1 saturated carbocycles. The van der Waals surface area contributed by atoms with E-state index in [-0.39, 0.29) is 18.3 Å². The third kappa shape index (κ3) is 7.14. The molecule has 24 heavy (non-hydrogen) atoms. The minimum absolute atomic E-state index is 0.0956. The van der Waals surface area contributed by atoms with Crippen LogP contribution in [-0.2, 0) is 20.1 Å². The average Bonchev–Trinajstić information content (AvgIpc) is 3.35. The zero-order valence-corrected chi connectivity index (χ0v) is 15.6. The first-order valence-corrected chi connectivity index (χ1v) is 9.87. The van der Waals surface area contributed by atoms with Crippen LogP contribution in [0.5, 0.6) is 0 Å². The summed E-state index contributed by atoms with van der Waals surface area (Å²) in [5.41, 5.74) is 1.11. The predicted molar refractivity (Wildman–Crippen MR) is 98.2 cm³/mol. The maximum Gasteiger partial charge on any atom is 0.307 e. The van der Waals surface area contributed by atoms with E-state index in [1.54, 1.807) is 18.7 Å². The number of esters is 1. The maximum atomic E-state index is 12.5. The first-order chi connectivity index (χ1) is 11.6. The SMILES string of the molecule is CCOC(=O)CCN(CC1CC1)C(=O)CSCc1cccc(Cl)c1. The predicted octanol–water partition coefficient (Wildman–Crippen LogP) is 3.77. The highest BCUT2D eigenvalue weighted by molar-refractivity contribution is 7.99. The maximum absolute atomic E-state index is 12.5. The standard InChI is InChI=1S/C18H24ClNO3S/c1-2-23-18(22)8-9-20(11-14-6-7-14)17(21)13-24-12-15-4-3-5-16(19)10-15/h3-5,10,14H,2,6-9,11-13H2,1H3. The number of hydrogen-bond acceptors (Lipinski definition) is 4. The Morgan fingerprint density at radius 3 is 2.83 bits per heavy atom. The molecule has 0 spiro atoms. The molecule has 0 saturated heterocycles. The van der Waals surface area contributed by atoms with Gasteiger partial charge in [0.25, 0.3) is 0 Å². The molecule has 1 aliphatic carbocycles. The van der Waals surface area contributed by atoms with Crippen molar-refractivity contribution in [3.8, 4) is 0 Å². The van der Waals surface area contributed by atoms with Crippen LogP contribution >= 0.6 is 23.4 Å². The van der Waals surface area contributed by atoms with Gasteiger partial charge < -0.3 is 9.64 Å². The van der Waals surface area contributed by atoms with Crippen LogP contribution in [0.15, 0.2) is 24.3 Å². The van der Waals surface area contributed by atoms with E-state index in [1.165, 1.54) is 12.8 Å². The molecule has 0 aliphatic heterocycles. The Morgan fingerprint density at radius 1 is 1.38 bits per heavy atom. The molecule has 0 aromatic heterocycles. The largest absolute Gasteiger partial charge is 0.466 e. The summed E-state index contributed by atoms with van der Waals surface area (Å²) in [7, 11) is 0. The molecule has 0 N–H and O–H groups in total. The fraction of sp³-hybridized carbons (Fsp3) is 0.556. The second-order valence-electron chi connectivity index (χ2n) is 5.96. The molecule has 1 fully saturated rings. The Labute approximate surface area is 152 Å². The quantitative estimate of drug-likeness (QED) is 0.589. The lowest BCUT2D eigenvalue weighted by Gasteiger charge is -2.22. The highest BCUT2D eigenvalue weighted by Gasteiger charge is 2.27. The van der Waals surface area contributed by atoms with Crippen molar-refractivity contribution in [2.24, 2.45) is 5.92 Å². The van der Waals surface area contributed by atoms with Gasteiger partial charge in [-0.05, 0) is 43.4 Å². The molecule has 0 unspecified atom stereocenters. The van der Waals surface area contributed by atoms with Crippen LogP contribution in [0.3, 0.4) is 0 Å². The first-order valence-electron chi connectivity index (χ1n) is 8.34. The van der Waals surface area contributed by atoms with Gasteiger partial charge in [0.1, 0.15) is 0 Å². The van der Waals surface area contributed by atoms with Gasteiger partial charge in [-0.25, -0.2) is 0 Å². The number of amides is 1. The molecule has 0 heterocycles. The number of halogens is 1. The lowest BCUT2D eigenvalue weighted by Crippen LogP contribution is -2.36. The minimum Gasteiger partial charge on any atom is -0.466 e. The second kappa shape index (κ2) is 9.94. The summed E-state index contributed by atoms with van der Waals surface area (Å²) in [6.45, 7) is 3.38. The molecule has 4 nitrogen and oxygen atoms in total. The first kappa shape index (κ1) is 19.1. The van der Waals surface area contributed by atoms with Gasteiger partial charge in [-0.1, -0.05) is 23.7 Å². The molecule has 132 valence electrons. The lowest BCUT2D eigenvalue weighted by atomic mass is 10.2. The van der Waals surface area contributed by atoms with Gasteiger partial charge in [-0.3, -0.25) is 9.59 Å². The van der Waals surface area contributed by atoms with Crippen LogP contribution in [-0.4, -0.2) is 42.2 Å². The molecule has 1 aromatic carbocycles. The van der Waals surface area contributed by atoms with Crippen molar-refractivity contribution >= 4 is 35.2 Å². The van der Waals surface area contributed by atoms with Crippen LogP contribution in [0.1, 0.15) is 31.7 Å². The van der Waals surface area contributed by atoms with E-state index in [2.05, 4.69) is 0 Å². The van der Waals surface area contributed by atoms with Crippen molar-refractivity contribution in [3.05, 3.63) is 34.9 Å². The average molecular weight is 370 g/mol. The summed E-state index contributed by atoms with van der Waals surface area (Å²) in [6, 6.07) is 7.68. The smallest absolute Gasteiger partial charge is 0.307 e. The molecule has 2 rings (SSSR count). The third-order valence-electron chi connectivity index (χ3n) is 3.80. The summed E-state index contributed by atoms with van der Waals surface area (Å²) >= 11 is 7.55. The fourth-order valence-corrected chi connectivity index (χ4v) is 3.45. The van der Waals surface area contributed by atoms with Crippen LogP contribution in [0.4, 0.5) is 0 Å². The van der Waals surface area contributed by atoms with Gasteiger partial charge in [0.05, 0.1) is 18.8 Å². The van der Waals surface area contributed by atoms with Crippen molar-refractivity contribution in [2.45, 2.75) is 31.9 Å². The summed E-state index contributed by atoms with van der Waals surface area (Å²) in [4.78, 5) is 25.8. The summed E-state index contributed by atoms with van der Waals surface area (Å²) in [5.74, 6) is 1.63. The number of ether oxygens (including phenoxy) is 1. The zero-order chi connectivity index (χ0) is 17.4. The zero-order valence-electron chi connectivity index (χ0n) is 14.0. The van der Waals surface area contributed by atoms with E-state index in [0.717, 1.165) is 17.9 Å². The lowest BCUT2D eigenvalue weighted by molar-refractivity contribution is -0.144. The van der Waals surface area contributed by atoms with Crippen LogP contribution in [0.25, 0.3) is 0 Å². The molecular formula is C18H24ClNO3S. The Bertz CT molecular complexity index is 563. The van der Waals surface area contributed by atoms with E-state index >= 15 is 0 Å². The topological polar surface area (TPSA) is 46.6 Å². The second-order valence-corrected chi connectivity index (χ2v) is 7.38. The molecular weight excluding hydrogens is 346 g/mol. The summed E-state index contributed by atoms with van der Waals surface area (Å²) < 4.78 is 4.95. The van der Waals surface area contributed by atoms with Gasteiger partial charge in [-0.15, -0.1) is 11.8 Å². The van der Waals surface area contributed by atoms with Crippen molar-refractivity contribution in [1.29, 1.82) is 0 Å². The molecule has 6 heteroatoms. The van der Waals surface area contributed by atoms with Crippen LogP contribution in [0, 0.1) is 5.92 Å². The Hall–Kier alpha value is -1.20. The number of rotatable bonds is 10. The van der Waals surface area contributed by atoms with Crippen LogP contribution in [0.2, 0.25) is 5.02 Å². The van der Waals surface area contributed by atoms with E-state index in [1.807, 2.05) is 29.2 Å². The van der Waals surface area contributed by atoms with Gasteiger partial charge in [0, 0.05) is 23.9 Å². The van der Waals surface area contributed by atoms with Crippen molar-refractivity contribution in [1.82, 2.24) is 4.90 Å². The molecule has 0 bridgehead atoms. The molecule has 0 radical (unpaired) electrons. The van der Waals surface area contributed by atoms with Crippen molar-refractivity contribution in [2.75, 3.05) is 25.4 Å². The molecule has 1 aromatic rings. The van der Waals surface area contributed by atoms with Crippen molar-refractivity contribution in [3.63, 3.8) is 0 Å². The summed E-state index contributed by atoms with van der Waals surface area (Å²) in [5, 5.41) is 0.712. The number of carbonyl (C=O) groups excluding carboxylic acids is 2. The number of carbonyl (C=O) groups is 2. The minimum atomic E-state index is -0.238. The van der Waals surface area contributed by atoms with Crippen LogP contribution < -0.4 is 0 Å². The number of nitrogens with zero attached hydrogens (tertiary/aromatic N) is 1. The Morgan fingerprint density at radius 2 is 2.17 bits per heavy atom. The Balaban J connectivity index is 1.77.